The van der Waals surface area contributed by atoms with Crippen molar-refractivity contribution in [2.24, 2.45) is 0 Å². The second kappa shape index (κ2) is 12.7. The van der Waals surface area contributed by atoms with Crippen molar-refractivity contribution in [3.63, 3.8) is 0 Å². The van der Waals surface area contributed by atoms with E-state index >= 15 is 0 Å². The van der Waals surface area contributed by atoms with E-state index in [0.29, 0.717) is 0 Å². The summed E-state index contributed by atoms with van der Waals surface area (Å²) < 4.78 is 29.4. The summed E-state index contributed by atoms with van der Waals surface area (Å²) in [6.07, 6.45) is 0. The Morgan fingerprint density at radius 2 is 1.56 bits per heavy atom. The number of benzene rings is 3. The fraction of sp³-hybridized carbons (Fsp3) is 0.286. The molecule has 0 saturated carbocycles. The summed E-state index contributed by atoms with van der Waals surface area (Å²) in [7, 11) is -4.24. The van der Waals surface area contributed by atoms with E-state index < -0.39 is 34.1 Å². The summed E-state index contributed by atoms with van der Waals surface area (Å²) in [5.74, 6) is -0.962. The second-order valence-corrected chi connectivity index (χ2v) is 13.5. The Hall–Kier alpha value is -2.59. The van der Waals surface area contributed by atoms with E-state index in [4.69, 9.17) is 23.2 Å². The fourth-order valence-corrected chi connectivity index (χ4v) is 5.92. The number of amides is 2. The molecule has 3 aromatic carbocycles. The molecule has 0 heterocycles. The van der Waals surface area contributed by atoms with Gasteiger partial charge in [-0.15, -0.1) is 0 Å². The zero-order valence-electron chi connectivity index (χ0n) is 22.0. The highest BCUT2D eigenvalue weighted by atomic mass is 79.9. The largest absolute Gasteiger partial charge is 0.350 e. The van der Waals surface area contributed by atoms with E-state index in [9.17, 15) is 18.0 Å². The van der Waals surface area contributed by atoms with Crippen LogP contribution in [0, 0.1) is 0 Å². The number of carbonyl (C=O) groups is 2. The molecule has 0 aromatic heterocycles. The minimum absolute atomic E-state index is 0.00976. The molecule has 0 bridgehead atoms. The Morgan fingerprint density at radius 1 is 0.949 bits per heavy atom. The lowest BCUT2D eigenvalue weighted by atomic mass is 10.1. The van der Waals surface area contributed by atoms with Crippen LogP contribution in [0.1, 0.15) is 33.3 Å². The third-order valence-corrected chi connectivity index (χ3v) is 8.85. The molecule has 11 heteroatoms. The van der Waals surface area contributed by atoms with Crippen LogP contribution in [0.4, 0.5) is 5.69 Å². The molecule has 0 unspecified atom stereocenters. The maximum atomic E-state index is 13.9. The topological polar surface area (TPSA) is 86.8 Å². The van der Waals surface area contributed by atoms with Crippen molar-refractivity contribution in [3.05, 3.63) is 92.9 Å². The Labute approximate surface area is 248 Å². The summed E-state index contributed by atoms with van der Waals surface area (Å²) in [5, 5.41) is 3.02. The molecule has 1 atom stereocenters. The van der Waals surface area contributed by atoms with Gasteiger partial charge in [0, 0.05) is 16.6 Å². The lowest BCUT2D eigenvalue weighted by Gasteiger charge is -2.33. The number of halogens is 3. The average molecular weight is 655 g/mol. The molecule has 1 N–H and O–H groups in total. The van der Waals surface area contributed by atoms with Gasteiger partial charge in [0.1, 0.15) is 12.6 Å². The molecule has 3 rings (SSSR count). The molecule has 0 aliphatic heterocycles. The highest BCUT2D eigenvalue weighted by Gasteiger charge is 2.34. The smallest absolute Gasteiger partial charge is 0.264 e. The standard InChI is InChI=1S/C28H30BrCl2N3O4S/c1-19(27(36)32-28(2,3)4)33(17-20-13-15-21(29)16-14-20)25(35)18-34(24-12-8-11-23(30)26(24)31)39(37,38)22-9-6-5-7-10-22/h5-16,19H,17-18H2,1-4H3,(H,32,36)/t19-/m0/s1. The number of rotatable bonds is 9. The Balaban J connectivity index is 2.06. The third-order valence-electron chi connectivity index (χ3n) is 5.74. The van der Waals surface area contributed by atoms with Crippen molar-refractivity contribution >= 4 is 66.7 Å². The normalized spacial score (nSPS) is 12.5. The zero-order chi connectivity index (χ0) is 29.0. The highest BCUT2D eigenvalue weighted by Crippen LogP contribution is 2.35. The van der Waals surface area contributed by atoms with Crippen molar-refractivity contribution in [1.82, 2.24) is 10.2 Å². The zero-order valence-corrected chi connectivity index (χ0v) is 25.9. The van der Waals surface area contributed by atoms with Crippen LogP contribution in [0.2, 0.25) is 10.0 Å². The first-order chi connectivity index (χ1) is 18.2. The molecule has 3 aromatic rings. The number of anilines is 1. The van der Waals surface area contributed by atoms with Crippen LogP contribution in [0.25, 0.3) is 0 Å². The maximum Gasteiger partial charge on any atom is 0.264 e. The van der Waals surface area contributed by atoms with Gasteiger partial charge >= 0.3 is 0 Å². The van der Waals surface area contributed by atoms with Crippen molar-refractivity contribution in [3.8, 4) is 0 Å². The van der Waals surface area contributed by atoms with E-state index in [-0.39, 0.29) is 33.1 Å². The number of nitrogens with one attached hydrogen (secondary N) is 1. The van der Waals surface area contributed by atoms with E-state index in [1.165, 1.54) is 29.2 Å². The number of nitrogens with zero attached hydrogens (tertiary/aromatic N) is 2. The van der Waals surface area contributed by atoms with E-state index in [1.54, 1.807) is 31.2 Å². The van der Waals surface area contributed by atoms with Crippen molar-refractivity contribution in [2.45, 2.75) is 50.7 Å². The quantitative estimate of drug-likeness (QED) is 0.294. The Morgan fingerprint density at radius 3 is 2.15 bits per heavy atom. The monoisotopic (exact) mass is 653 g/mol. The molecule has 39 heavy (non-hydrogen) atoms. The van der Waals surface area contributed by atoms with Crippen LogP contribution in [-0.4, -0.2) is 43.3 Å². The van der Waals surface area contributed by atoms with Gasteiger partial charge in [-0.1, -0.05) is 75.5 Å². The van der Waals surface area contributed by atoms with E-state index in [0.717, 1.165) is 14.3 Å². The first-order valence-electron chi connectivity index (χ1n) is 12.1. The first kappa shape index (κ1) is 30.9. The molecule has 208 valence electrons. The number of hydrogen-bond donors (Lipinski definition) is 1. The van der Waals surface area contributed by atoms with Gasteiger partial charge in [0.2, 0.25) is 11.8 Å². The van der Waals surface area contributed by atoms with Gasteiger partial charge in [-0.3, -0.25) is 13.9 Å². The highest BCUT2D eigenvalue weighted by molar-refractivity contribution is 9.10. The minimum atomic E-state index is -4.24. The summed E-state index contributed by atoms with van der Waals surface area (Å²) in [6, 6.07) is 18.7. The van der Waals surface area contributed by atoms with Crippen molar-refractivity contribution in [1.29, 1.82) is 0 Å². The van der Waals surface area contributed by atoms with E-state index in [2.05, 4.69) is 21.2 Å². The third kappa shape index (κ3) is 7.97. The molecule has 0 radical (unpaired) electrons. The summed E-state index contributed by atoms with van der Waals surface area (Å²) in [6.45, 7) is 6.60. The van der Waals surface area contributed by atoms with Crippen LogP contribution in [0.15, 0.2) is 82.2 Å². The minimum Gasteiger partial charge on any atom is -0.350 e. The van der Waals surface area contributed by atoms with Gasteiger partial charge in [-0.05, 0) is 69.7 Å². The average Bonchev–Trinajstić information content (AvgIpc) is 2.87. The fourth-order valence-electron chi connectivity index (χ4n) is 3.76. The molecule has 2 amide bonds. The Bertz CT molecular complexity index is 1430. The predicted octanol–water partition coefficient (Wildman–Crippen LogP) is 6.28. The van der Waals surface area contributed by atoms with Crippen molar-refractivity contribution in [2.75, 3.05) is 10.8 Å². The number of hydrogen-bond acceptors (Lipinski definition) is 4. The maximum absolute atomic E-state index is 13.9. The van der Waals surface area contributed by atoms with Crippen molar-refractivity contribution < 1.29 is 18.0 Å². The van der Waals surface area contributed by atoms with E-state index in [1.807, 2.05) is 45.0 Å². The van der Waals surface area contributed by atoms with Gasteiger partial charge in [0.25, 0.3) is 10.0 Å². The van der Waals surface area contributed by atoms with Crippen LogP contribution >= 0.6 is 39.1 Å². The van der Waals surface area contributed by atoms with Crippen LogP contribution in [-0.2, 0) is 26.2 Å². The molecule has 0 aliphatic carbocycles. The lowest BCUT2D eigenvalue weighted by Crippen LogP contribution is -2.54. The summed E-state index contributed by atoms with van der Waals surface area (Å²) in [5.41, 5.74) is 0.284. The van der Waals surface area contributed by atoms with Gasteiger partial charge in [-0.25, -0.2) is 8.42 Å². The summed E-state index contributed by atoms with van der Waals surface area (Å²) in [4.78, 5) is 28.4. The SMILES string of the molecule is C[C@@H](C(=O)NC(C)(C)C)N(Cc1ccc(Br)cc1)C(=O)CN(c1cccc(Cl)c1Cl)S(=O)(=O)c1ccccc1. The molecular weight excluding hydrogens is 625 g/mol. The van der Waals surface area contributed by atoms with Gasteiger partial charge in [-0.2, -0.15) is 0 Å². The van der Waals surface area contributed by atoms with Gasteiger partial charge in [0.05, 0.1) is 20.6 Å². The molecule has 0 spiro atoms. The van der Waals surface area contributed by atoms with Crippen LogP contribution in [0.5, 0.6) is 0 Å². The number of carbonyl (C=O) groups excluding carboxylic acids is 2. The van der Waals surface area contributed by atoms with Gasteiger partial charge in [0.15, 0.2) is 0 Å². The molecule has 0 aliphatic rings. The molecule has 0 saturated heterocycles. The van der Waals surface area contributed by atoms with Crippen LogP contribution in [0.3, 0.4) is 0 Å². The van der Waals surface area contributed by atoms with Gasteiger partial charge < -0.3 is 10.2 Å². The molecule has 0 fully saturated rings. The second-order valence-electron chi connectivity index (χ2n) is 9.96. The number of sulfonamides is 1. The predicted molar refractivity (Wildman–Crippen MR) is 159 cm³/mol. The molecule has 7 nitrogen and oxygen atoms in total. The lowest BCUT2D eigenvalue weighted by molar-refractivity contribution is -0.140. The Kier molecular flexibility index (Phi) is 10.1. The first-order valence-corrected chi connectivity index (χ1v) is 15.1. The summed E-state index contributed by atoms with van der Waals surface area (Å²) >= 11 is 16.1. The van der Waals surface area contributed by atoms with Crippen LogP contribution < -0.4 is 9.62 Å². The molecular formula is C28H30BrCl2N3O4S.